The van der Waals surface area contributed by atoms with Crippen LogP contribution in [0.1, 0.15) is 20.8 Å². The molecule has 0 aromatic carbocycles. The SMILES string of the molecule is CC(C)(C)n1c(SCC(=O)O)nnc1-c1ccncc1Cl. The van der Waals surface area contributed by atoms with Gasteiger partial charge in [0.05, 0.1) is 10.8 Å². The molecule has 0 spiro atoms. The van der Waals surface area contributed by atoms with Gasteiger partial charge in [0.1, 0.15) is 0 Å². The Balaban J connectivity index is 2.52. The Labute approximate surface area is 131 Å². The number of rotatable bonds is 4. The first-order chi connectivity index (χ1) is 9.80. The molecule has 0 fully saturated rings. The zero-order valence-corrected chi connectivity index (χ0v) is 13.4. The van der Waals surface area contributed by atoms with E-state index >= 15 is 0 Å². The molecule has 1 N–H and O–H groups in total. The van der Waals surface area contributed by atoms with Crippen molar-refractivity contribution in [2.24, 2.45) is 0 Å². The Hall–Kier alpha value is -1.60. The average molecular weight is 327 g/mol. The van der Waals surface area contributed by atoms with Crippen LogP contribution in [0.4, 0.5) is 0 Å². The van der Waals surface area contributed by atoms with Gasteiger partial charge in [0, 0.05) is 23.5 Å². The van der Waals surface area contributed by atoms with Crippen molar-refractivity contribution >= 4 is 29.3 Å². The lowest BCUT2D eigenvalue weighted by molar-refractivity contribution is -0.133. The van der Waals surface area contributed by atoms with Crippen LogP contribution >= 0.6 is 23.4 Å². The minimum atomic E-state index is -0.896. The molecule has 112 valence electrons. The number of aliphatic carboxylic acids is 1. The predicted molar refractivity (Wildman–Crippen MR) is 81.6 cm³/mol. The summed E-state index contributed by atoms with van der Waals surface area (Å²) >= 11 is 7.31. The van der Waals surface area contributed by atoms with Crippen LogP contribution in [0, 0.1) is 0 Å². The number of hydrogen-bond acceptors (Lipinski definition) is 5. The first-order valence-electron chi connectivity index (χ1n) is 6.21. The molecule has 0 bridgehead atoms. The molecule has 6 nitrogen and oxygen atoms in total. The molecule has 0 atom stereocenters. The highest BCUT2D eigenvalue weighted by molar-refractivity contribution is 7.99. The topological polar surface area (TPSA) is 80.9 Å². The molecule has 2 rings (SSSR count). The van der Waals surface area contributed by atoms with Crippen LogP contribution in [-0.2, 0) is 10.3 Å². The van der Waals surface area contributed by atoms with E-state index in [1.54, 1.807) is 18.5 Å². The number of carboxylic acids is 1. The second kappa shape index (κ2) is 6.03. The molecule has 2 heterocycles. The highest BCUT2D eigenvalue weighted by atomic mass is 35.5. The molecule has 0 aliphatic heterocycles. The summed E-state index contributed by atoms with van der Waals surface area (Å²) in [5, 5.41) is 18.1. The van der Waals surface area contributed by atoms with Gasteiger partial charge in [0.2, 0.25) is 0 Å². The maximum atomic E-state index is 10.8. The molecule has 2 aromatic rings. The highest BCUT2D eigenvalue weighted by Crippen LogP contribution is 2.33. The monoisotopic (exact) mass is 326 g/mol. The lowest BCUT2D eigenvalue weighted by Gasteiger charge is -2.24. The first-order valence-corrected chi connectivity index (χ1v) is 7.57. The van der Waals surface area contributed by atoms with E-state index in [1.165, 1.54) is 0 Å². The van der Waals surface area contributed by atoms with Crippen LogP contribution in [0.15, 0.2) is 23.6 Å². The molecular formula is C13H15ClN4O2S. The normalized spacial score (nSPS) is 11.6. The average Bonchev–Trinajstić information content (AvgIpc) is 2.80. The number of hydrogen-bond donors (Lipinski definition) is 1. The first kappa shape index (κ1) is 15.8. The Morgan fingerprint density at radius 3 is 2.71 bits per heavy atom. The third kappa shape index (κ3) is 3.54. The van der Waals surface area contributed by atoms with E-state index in [0.717, 1.165) is 17.3 Å². The molecule has 21 heavy (non-hydrogen) atoms. The maximum absolute atomic E-state index is 10.8. The van der Waals surface area contributed by atoms with E-state index in [0.29, 0.717) is 16.0 Å². The zero-order chi connectivity index (χ0) is 15.6. The van der Waals surface area contributed by atoms with Crippen molar-refractivity contribution < 1.29 is 9.90 Å². The number of nitrogens with zero attached hydrogens (tertiary/aromatic N) is 4. The lowest BCUT2D eigenvalue weighted by atomic mass is 10.1. The van der Waals surface area contributed by atoms with Crippen molar-refractivity contribution in [1.82, 2.24) is 19.7 Å². The minimum Gasteiger partial charge on any atom is -0.481 e. The smallest absolute Gasteiger partial charge is 0.313 e. The molecular weight excluding hydrogens is 312 g/mol. The largest absolute Gasteiger partial charge is 0.481 e. The van der Waals surface area contributed by atoms with Crippen molar-refractivity contribution in [3.8, 4) is 11.4 Å². The Bertz CT molecular complexity index is 666. The summed E-state index contributed by atoms with van der Waals surface area (Å²) < 4.78 is 1.89. The zero-order valence-electron chi connectivity index (χ0n) is 11.9. The van der Waals surface area contributed by atoms with E-state index in [-0.39, 0.29) is 11.3 Å². The van der Waals surface area contributed by atoms with Crippen molar-refractivity contribution in [1.29, 1.82) is 0 Å². The molecule has 8 heteroatoms. The molecule has 0 unspecified atom stereocenters. The number of aromatic nitrogens is 4. The molecule has 0 aliphatic carbocycles. The maximum Gasteiger partial charge on any atom is 0.313 e. The molecule has 0 saturated heterocycles. The molecule has 2 aromatic heterocycles. The summed E-state index contributed by atoms with van der Waals surface area (Å²) in [6.07, 6.45) is 3.18. The van der Waals surface area contributed by atoms with Crippen molar-refractivity contribution in [3.63, 3.8) is 0 Å². The quantitative estimate of drug-likeness (QED) is 0.870. The van der Waals surface area contributed by atoms with Crippen LogP contribution in [0.2, 0.25) is 5.02 Å². The number of pyridine rings is 1. The molecule has 0 amide bonds. The number of thioether (sulfide) groups is 1. The van der Waals surface area contributed by atoms with E-state index < -0.39 is 5.97 Å². The fourth-order valence-electron chi connectivity index (χ4n) is 1.83. The summed E-state index contributed by atoms with van der Waals surface area (Å²) in [5.41, 5.74) is 0.406. The van der Waals surface area contributed by atoms with Gasteiger partial charge in [-0.1, -0.05) is 23.4 Å². The summed E-state index contributed by atoms with van der Waals surface area (Å²) in [7, 11) is 0. The summed E-state index contributed by atoms with van der Waals surface area (Å²) in [6, 6.07) is 1.76. The van der Waals surface area contributed by atoms with Crippen LogP contribution < -0.4 is 0 Å². The number of carbonyl (C=O) groups is 1. The Kier molecular flexibility index (Phi) is 4.53. The van der Waals surface area contributed by atoms with E-state index in [2.05, 4.69) is 15.2 Å². The summed E-state index contributed by atoms with van der Waals surface area (Å²) in [4.78, 5) is 14.7. The Morgan fingerprint density at radius 1 is 1.43 bits per heavy atom. The van der Waals surface area contributed by atoms with Gasteiger partial charge >= 0.3 is 5.97 Å². The molecule has 0 saturated carbocycles. The third-order valence-corrected chi connectivity index (χ3v) is 3.86. The van der Waals surface area contributed by atoms with Crippen LogP contribution in [0.25, 0.3) is 11.4 Å². The van der Waals surface area contributed by atoms with Crippen LogP contribution in [0.5, 0.6) is 0 Å². The van der Waals surface area contributed by atoms with Crippen molar-refractivity contribution in [3.05, 3.63) is 23.5 Å². The fraction of sp³-hybridized carbons (Fsp3) is 0.385. The van der Waals surface area contributed by atoms with E-state index in [9.17, 15) is 4.79 Å². The highest BCUT2D eigenvalue weighted by Gasteiger charge is 2.25. The van der Waals surface area contributed by atoms with Gasteiger partial charge in [-0.15, -0.1) is 10.2 Å². The van der Waals surface area contributed by atoms with Gasteiger partial charge in [-0.05, 0) is 26.8 Å². The number of halogens is 1. The van der Waals surface area contributed by atoms with Gasteiger partial charge in [-0.25, -0.2) is 0 Å². The third-order valence-electron chi connectivity index (χ3n) is 2.64. The van der Waals surface area contributed by atoms with Crippen LogP contribution in [-0.4, -0.2) is 36.6 Å². The summed E-state index contributed by atoms with van der Waals surface area (Å²) in [5.74, 6) is -0.368. The predicted octanol–water partition coefficient (Wildman–Crippen LogP) is 2.93. The van der Waals surface area contributed by atoms with Crippen LogP contribution in [0.3, 0.4) is 0 Å². The Morgan fingerprint density at radius 2 is 2.14 bits per heavy atom. The lowest BCUT2D eigenvalue weighted by Crippen LogP contribution is -2.24. The standard InChI is InChI=1S/C13H15ClN4O2S/c1-13(2,3)18-11(8-4-5-15-6-9(8)14)16-17-12(18)21-7-10(19)20/h4-6H,7H2,1-3H3,(H,19,20). The van der Waals surface area contributed by atoms with Gasteiger partial charge in [0.25, 0.3) is 0 Å². The summed E-state index contributed by atoms with van der Waals surface area (Å²) in [6.45, 7) is 6.00. The second-order valence-corrected chi connectivity index (χ2v) is 6.70. The van der Waals surface area contributed by atoms with Gasteiger partial charge < -0.3 is 5.11 Å². The van der Waals surface area contributed by atoms with E-state index in [1.807, 2.05) is 25.3 Å². The van der Waals surface area contributed by atoms with Crippen molar-refractivity contribution in [2.45, 2.75) is 31.5 Å². The van der Waals surface area contributed by atoms with Crippen molar-refractivity contribution in [2.75, 3.05) is 5.75 Å². The molecule has 0 aliphatic rings. The second-order valence-electron chi connectivity index (χ2n) is 5.35. The van der Waals surface area contributed by atoms with Gasteiger partial charge in [-0.2, -0.15) is 0 Å². The fourth-order valence-corrected chi connectivity index (χ4v) is 2.87. The number of carboxylic acid groups (broad SMARTS) is 1. The van der Waals surface area contributed by atoms with Gasteiger partial charge in [0.15, 0.2) is 11.0 Å². The van der Waals surface area contributed by atoms with Gasteiger partial charge in [-0.3, -0.25) is 14.3 Å². The molecule has 0 radical (unpaired) electrons. The van der Waals surface area contributed by atoms with E-state index in [4.69, 9.17) is 16.7 Å². The minimum absolute atomic E-state index is 0.0711.